The second kappa shape index (κ2) is 9.13. The van der Waals surface area contributed by atoms with E-state index in [1.54, 1.807) is 0 Å². The van der Waals surface area contributed by atoms with Gasteiger partial charge in [-0.25, -0.2) is 0 Å². The maximum atomic E-state index is 12.1. The van der Waals surface area contributed by atoms with Crippen molar-refractivity contribution in [2.75, 3.05) is 51.8 Å². The van der Waals surface area contributed by atoms with E-state index in [4.69, 9.17) is 4.74 Å². The molecule has 3 aliphatic rings. The van der Waals surface area contributed by atoms with Crippen LogP contribution in [0.2, 0.25) is 0 Å². The summed E-state index contributed by atoms with van der Waals surface area (Å²) in [4.78, 5) is 19.2. The number of nitrogens with zero attached hydrogens (tertiary/aromatic N) is 2. The van der Waals surface area contributed by atoms with Crippen molar-refractivity contribution in [3.8, 4) is 0 Å². The number of aliphatic imine (C=N–C) groups is 1. The molecule has 0 spiro atoms. The molecule has 0 saturated carbocycles. The first-order valence-corrected chi connectivity index (χ1v) is 10.9. The lowest BCUT2D eigenvalue weighted by atomic mass is 9.88. The predicted molar refractivity (Wildman–Crippen MR) is 115 cm³/mol. The Bertz CT molecular complexity index is 738. The predicted octanol–water partition coefficient (Wildman–Crippen LogP) is 1.92. The number of ether oxygens (including phenoxy) is 1. The van der Waals surface area contributed by atoms with Gasteiger partial charge in [-0.15, -0.1) is 0 Å². The van der Waals surface area contributed by atoms with Crippen molar-refractivity contribution in [2.45, 2.75) is 43.6 Å². The quantitative estimate of drug-likeness (QED) is 0.521. The van der Waals surface area contributed by atoms with Crippen molar-refractivity contribution >= 4 is 17.6 Å². The van der Waals surface area contributed by atoms with Crippen LogP contribution in [0, 0.1) is 0 Å². The largest absolute Gasteiger partial charge is 0.381 e. The molecule has 1 aromatic carbocycles. The number of hydrogen-bond acceptors (Lipinski definition) is 4. The molecule has 1 amide bonds. The first-order chi connectivity index (χ1) is 14.2. The number of amides is 1. The Kier molecular flexibility index (Phi) is 6.35. The molecule has 3 aliphatic heterocycles. The Morgan fingerprint density at radius 2 is 2.00 bits per heavy atom. The molecule has 2 saturated heterocycles. The zero-order valence-corrected chi connectivity index (χ0v) is 17.4. The lowest BCUT2D eigenvalue weighted by Gasteiger charge is -2.45. The number of nitrogens with one attached hydrogen (secondary N) is 3. The molecule has 7 heteroatoms. The molecule has 29 heavy (non-hydrogen) atoms. The van der Waals surface area contributed by atoms with Crippen LogP contribution in [-0.4, -0.2) is 68.7 Å². The monoisotopic (exact) mass is 399 g/mol. The summed E-state index contributed by atoms with van der Waals surface area (Å²) in [7, 11) is 1.81. The summed E-state index contributed by atoms with van der Waals surface area (Å²) < 4.78 is 5.65. The van der Waals surface area contributed by atoms with Gasteiger partial charge in [0.15, 0.2) is 5.96 Å². The van der Waals surface area contributed by atoms with E-state index in [2.05, 4.69) is 31.9 Å². The number of rotatable bonds is 5. The molecule has 158 valence electrons. The van der Waals surface area contributed by atoms with Crippen LogP contribution >= 0.6 is 0 Å². The normalized spacial score (nSPS) is 24.7. The summed E-state index contributed by atoms with van der Waals surface area (Å²) in [6, 6.07) is 8.06. The van der Waals surface area contributed by atoms with Gasteiger partial charge in [-0.1, -0.05) is 18.2 Å². The summed E-state index contributed by atoms with van der Waals surface area (Å²) >= 11 is 0. The highest BCUT2D eigenvalue weighted by Gasteiger charge is 2.39. The third kappa shape index (κ3) is 4.56. The van der Waals surface area contributed by atoms with Crippen molar-refractivity contribution in [1.82, 2.24) is 15.5 Å². The molecule has 0 aromatic heterocycles. The van der Waals surface area contributed by atoms with Gasteiger partial charge in [-0.2, -0.15) is 0 Å². The minimum absolute atomic E-state index is 0.0774. The van der Waals surface area contributed by atoms with E-state index in [1.165, 1.54) is 31.5 Å². The Labute approximate surface area is 173 Å². The fourth-order valence-corrected chi connectivity index (χ4v) is 4.92. The summed E-state index contributed by atoms with van der Waals surface area (Å²) in [5.41, 5.74) is 2.27. The number of anilines is 1. The summed E-state index contributed by atoms with van der Waals surface area (Å²) in [5, 5.41) is 10.00. The molecule has 0 bridgehead atoms. The molecule has 1 aromatic rings. The first-order valence-electron chi connectivity index (χ1n) is 10.9. The Balaban J connectivity index is 1.37. The van der Waals surface area contributed by atoms with Crippen molar-refractivity contribution in [3.05, 3.63) is 29.8 Å². The average molecular weight is 400 g/mol. The van der Waals surface area contributed by atoms with Crippen LogP contribution in [-0.2, 0) is 9.53 Å². The van der Waals surface area contributed by atoms with Crippen molar-refractivity contribution in [2.24, 2.45) is 4.99 Å². The van der Waals surface area contributed by atoms with E-state index in [0.717, 1.165) is 44.2 Å². The number of para-hydroxylation sites is 1. The Morgan fingerprint density at radius 1 is 1.24 bits per heavy atom. The van der Waals surface area contributed by atoms with Crippen LogP contribution in [0.1, 0.15) is 43.6 Å². The Hall–Kier alpha value is -2.12. The second-order valence-corrected chi connectivity index (χ2v) is 8.37. The van der Waals surface area contributed by atoms with Gasteiger partial charge in [0.05, 0.1) is 0 Å². The van der Waals surface area contributed by atoms with Gasteiger partial charge in [-0.05, 0) is 50.4 Å². The molecule has 3 N–H and O–H groups in total. The molecule has 0 radical (unpaired) electrons. The second-order valence-electron chi connectivity index (χ2n) is 8.37. The van der Waals surface area contributed by atoms with Gasteiger partial charge in [-0.3, -0.25) is 14.7 Å². The van der Waals surface area contributed by atoms with Gasteiger partial charge >= 0.3 is 0 Å². The molecule has 1 atom stereocenters. The van der Waals surface area contributed by atoms with Crippen LogP contribution in [0.3, 0.4) is 0 Å². The van der Waals surface area contributed by atoms with Crippen LogP contribution in [0.5, 0.6) is 0 Å². The molecular formula is C22H33N5O2. The van der Waals surface area contributed by atoms with Gasteiger partial charge in [0.25, 0.3) is 0 Å². The van der Waals surface area contributed by atoms with E-state index in [-0.39, 0.29) is 17.4 Å². The number of likely N-dealkylation sites (tertiary alicyclic amines) is 1. The van der Waals surface area contributed by atoms with Crippen molar-refractivity contribution < 1.29 is 9.53 Å². The molecule has 3 heterocycles. The highest BCUT2D eigenvalue weighted by molar-refractivity contribution is 5.94. The molecule has 2 fully saturated rings. The number of carbonyl (C=O) groups excluding carboxylic acids is 1. The van der Waals surface area contributed by atoms with Gasteiger partial charge < -0.3 is 20.7 Å². The molecule has 4 rings (SSSR count). The topological polar surface area (TPSA) is 78.0 Å². The summed E-state index contributed by atoms with van der Waals surface area (Å²) in [6.07, 6.45) is 5.20. The molecule has 7 nitrogen and oxygen atoms in total. The minimum Gasteiger partial charge on any atom is -0.381 e. The van der Waals surface area contributed by atoms with Gasteiger partial charge in [0.2, 0.25) is 5.91 Å². The fourth-order valence-electron chi connectivity index (χ4n) is 4.92. The third-order valence-corrected chi connectivity index (χ3v) is 6.63. The summed E-state index contributed by atoms with van der Waals surface area (Å²) in [5.74, 6) is 1.03. The van der Waals surface area contributed by atoms with Gasteiger partial charge in [0, 0.05) is 56.9 Å². The van der Waals surface area contributed by atoms with E-state index in [9.17, 15) is 4.79 Å². The standard InChI is InChI=1S/C22H33N5O2/c1-23-21(24-15-17-14-20(28)26-19-7-3-2-6-18(17)19)25-16-22(8-12-29-13-9-22)27-10-4-5-11-27/h2-3,6-7,17H,4-5,8-16H2,1H3,(H,26,28)(H2,23,24,25). The van der Waals surface area contributed by atoms with Gasteiger partial charge in [0.1, 0.15) is 0 Å². The third-order valence-electron chi connectivity index (χ3n) is 6.63. The highest BCUT2D eigenvalue weighted by atomic mass is 16.5. The van der Waals surface area contributed by atoms with Crippen LogP contribution < -0.4 is 16.0 Å². The number of fused-ring (bicyclic) bond motifs is 1. The van der Waals surface area contributed by atoms with Crippen LogP contribution in [0.15, 0.2) is 29.3 Å². The zero-order valence-electron chi connectivity index (χ0n) is 17.4. The van der Waals surface area contributed by atoms with E-state index in [1.807, 2.05) is 25.2 Å². The van der Waals surface area contributed by atoms with Crippen LogP contribution in [0.4, 0.5) is 5.69 Å². The van der Waals surface area contributed by atoms with Crippen molar-refractivity contribution in [1.29, 1.82) is 0 Å². The Morgan fingerprint density at radius 3 is 2.76 bits per heavy atom. The lowest BCUT2D eigenvalue weighted by molar-refractivity contribution is -0.116. The van der Waals surface area contributed by atoms with E-state index < -0.39 is 0 Å². The van der Waals surface area contributed by atoms with E-state index >= 15 is 0 Å². The number of hydrogen-bond donors (Lipinski definition) is 3. The molecular weight excluding hydrogens is 366 g/mol. The van der Waals surface area contributed by atoms with Crippen molar-refractivity contribution in [3.63, 3.8) is 0 Å². The highest BCUT2D eigenvalue weighted by Crippen LogP contribution is 2.32. The maximum Gasteiger partial charge on any atom is 0.225 e. The number of guanidine groups is 1. The maximum absolute atomic E-state index is 12.1. The van der Waals surface area contributed by atoms with Crippen LogP contribution in [0.25, 0.3) is 0 Å². The first kappa shape index (κ1) is 20.2. The fraction of sp³-hybridized carbons (Fsp3) is 0.636. The smallest absolute Gasteiger partial charge is 0.225 e. The lowest BCUT2D eigenvalue weighted by Crippen LogP contribution is -2.58. The number of carbonyl (C=O) groups is 1. The summed E-state index contributed by atoms with van der Waals surface area (Å²) in [6.45, 7) is 5.58. The minimum atomic E-state index is 0.0774. The number of benzene rings is 1. The zero-order chi connectivity index (χ0) is 20.1. The van der Waals surface area contributed by atoms with E-state index in [0.29, 0.717) is 13.0 Å². The SMILES string of the molecule is CN=C(NCC1CC(=O)Nc2ccccc21)NCC1(N2CCCC2)CCOCC1. The average Bonchev–Trinajstić information content (AvgIpc) is 3.30. The molecule has 1 unspecified atom stereocenters. The molecule has 0 aliphatic carbocycles.